The van der Waals surface area contributed by atoms with E-state index in [-0.39, 0.29) is 75.5 Å². The molecule has 0 aromatic carbocycles. The molecule has 40 valence electrons. The molecule has 8 heavy (non-hydrogen) atoms. The van der Waals surface area contributed by atoms with Crippen molar-refractivity contribution in [2.75, 3.05) is 6.54 Å². The molecule has 1 nitrogen and oxygen atoms in total. The zero-order valence-electron chi connectivity index (χ0n) is 3.52. The second-order valence-corrected chi connectivity index (χ2v) is 1.20. The summed E-state index contributed by atoms with van der Waals surface area (Å²) in [6.45, 7) is 0.983. The fraction of sp³-hybridized carbons (Fsp3) is 0.200. The summed E-state index contributed by atoms with van der Waals surface area (Å²) in [5.74, 6) is 0. The first-order chi connectivity index (χ1) is 3.00. The SMILES string of the molecule is C1=CCNC=C1.[CaH2].[CaH2]. The van der Waals surface area contributed by atoms with Gasteiger partial charge in [-0.15, -0.1) is 0 Å². The molecule has 0 bridgehead atoms. The van der Waals surface area contributed by atoms with Crippen molar-refractivity contribution < 1.29 is 0 Å². The monoisotopic (exact) mass is 165 g/mol. The predicted octanol–water partition coefficient (Wildman–Crippen LogP) is -1.17. The Balaban J connectivity index is 0. The molecule has 0 aromatic rings. The Kier molecular flexibility index (Phi) is 13.7. The molecule has 1 heterocycles. The predicted molar refractivity (Wildman–Crippen MR) is 43.4 cm³/mol. The Morgan fingerprint density at radius 2 is 1.88 bits per heavy atom. The van der Waals surface area contributed by atoms with Gasteiger partial charge in [0, 0.05) is 6.54 Å². The molecule has 0 radical (unpaired) electrons. The molecule has 0 unspecified atom stereocenters. The molecule has 0 saturated carbocycles. The van der Waals surface area contributed by atoms with Crippen LogP contribution >= 0.6 is 0 Å². The third-order valence-corrected chi connectivity index (χ3v) is 0.697. The van der Waals surface area contributed by atoms with Gasteiger partial charge in [-0.05, 0) is 12.3 Å². The first-order valence-corrected chi connectivity index (χ1v) is 2.05. The molecule has 0 saturated heterocycles. The standard InChI is InChI=1S/C5H7N.2Ca.4H/c1-2-4-6-5-3-1;;;;;;/h1-4,6H,5H2;;;;;;. The van der Waals surface area contributed by atoms with Gasteiger partial charge in [0.15, 0.2) is 0 Å². The van der Waals surface area contributed by atoms with Crippen LogP contribution in [0.2, 0.25) is 0 Å². The molecule has 1 rings (SSSR count). The summed E-state index contributed by atoms with van der Waals surface area (Å²) in [6.07, 6.45) is 8.00. The van der Waals surface area contributed by atoms with Crippen molar-refractivity contribution in [3.8, 4) is 0 Å². The number of rotatable bonds is 0. The van der Waals surface area contributed by atoms with Crippen molar-refractivity contribution in [3.05, 3.63) is 24.4 Å². The molecular weight excluding hydrogens is 154 g/mol. The Bertz CT molecular complexity index is 76.4. The van der Waals surface area contributed by atoms with E-state index in [1.165, 1.54) is 0 Å². The summed E-state index contributed by atoms with van der Waals surface area (Å²) < 4.78 is 0. The second-order valence-electron chi connectivity index (χ2n) is 1.20. The molecule has 0 atom stereocenters. The minimum atomic E-state index is 0. The molecule has 0 spiro atoms. The fourth-order valence-electron chi connectivity index (χ4n) is 0.406. The van der Waals surface area contributed by atoms with Crippen LogP contribution < -0.4 is 5.32 Å². The van der Waals surface area contributed by atoms with E-state index in [1.54, 1.807) is 0 Å². The van der Waals surface area contributed by atoms with E-state index < -0.39 is 0 Å². The van der Waals surface area contributed by atoms with Gasteiger partial charge < -0.3 is 5.32 Å². The Hall–Kier alpha value is 1.80. The van der Waals surface area contributed by atoms with Crippen LogP contribution in [0.15, 0.2) is 24.4 Å². The van der Waals surface area contributed by atoms with Gasteiger partial charge in [0.25, 0.3) is 0 Å². The molecular formula is C5H11Ca2N. The van der Waals surface area contributed by atoms with Crippen LogP contribution in [-0.4, -0.2) is 82.0 Å². The average molecular weight is 165 g/mol. The topological polar surface area (TPSA) is 12.0 Å². The molecule has 3 heteroatoms. The fourth-order valence-corrected chi connectivity index (χ4v) is 0.406. The van der Waals surface area contributed by atoms with Gasteiger partial charge in [-0.25, -0.2) is 0 Å². The summed E-state index contributed by atoms with van der Waals surface area (Å²) in [5, 5.41) is 3.02. The van der Waals surface area contributed by atoms with E-state index in [4.69, 9.17) is 0 Å². The van der Waals surface area contributed by atoms with Crippen LogP contribution in [0.3, 0.4) is 0 Å². The molecule has 1 N–H and O–H groups in total. The van der Waals surface area contributed by atoms with Gasteiger partial charge in [-0.1, -0.05) is 12.2 Å². The van der Waals surface area contributed by atoms with E-state index >= 15 is 0 Å². The molecule has 0 fully saturated rings. The number of hydrogen-bond acceptors (Lipinski definition) is 1. The van der Waals surface area contributed by atoms with Gasteiger partial charge in [0.2, 0.25) is 0 Å². The van der Waals surface area contributed by atoms with E-state index in [1.807, 2.05) is 18.4 Å². The third-order valence-electron chi connectivity index (χ3n) is 0.697. The summed E-state index contributed by atoms with van der Waals surface area (Å²) in [7, 11) is 0. The van der Waals surface area contributed by atoms with Crippen LogP contribution in [-0.2, 0) is 0 Å². The van der Waals surface area contributed by atoms with Gasteiger partial charge in [-0.3, -0.25) is 0 Å². The van der Waals surface area contributed by atoms with Crippen molar-refractivity contribution in [1.29, 1.82) is 0 Å². The Morgan fingerprint density at radius 3 is 2.00 bits per heavy atom. The maximum atomic E-state index is 3.02. The molecule has 1 aliphatic rings. The number of dihydropyridines is 1. The van der Waals surface area contributed by atoms with Crippen molar-refractivity contribution in [2.45, 2.75) is 0 Å². The van der Waals surface area contributed by atoms with Crippen molar-refractivity contribution in [1.82, 2.24) is 5.32 Å². The second kappa shape index (κ2) is 8.80. The van der Waals surface area contributed by atoms with Crippen LogP contribution in [0.1, 0.15) is 0 Å². The number of hydrogen-bond donors (Lipinski definition) is 1. The first-order valence-electron chi connectivity index (χ1n) is 2.05. The van der Waals surface area contributed by atoms with E-state index in [9.17, 15) is 0 Å². The van der Waals surface area contributed by atoms with Gasteiger partial charge in [0.1, 0.15) is 0 Å². The van der Waals surface area contributed by atoms with E-state index in [0.717, 1.165) is 6.54 Å². The summed E-state index contributed by atoms with van der Waals surface area (Å²) >= 11 is 0. The normalized spacial score (nSPS) is 13.0. The van der Waals surface area contributed by atoms with Gasteiger partial charge >= 0.3 is 75.5 Å². The van der Waals surface area contributed by atoms with Crippen LogP contribution in [0.4, 0.5) is 0 Å². The van der Waals surface area contributed by atoms with Crippen molar-refractivity contribution in [2.24, 2.45) is 0 Å². The first kappa shape index (κ1) is 12.5. The maximum absolute atomic E-state index is 3.02. The Labute approximate surface area is 110 Å². The minimum absolute atomic E-state index is 0. The molecule has 1 aliphatic heterocycles. The number of nitrogens with one attached hydrogen (secondary N) is 1. The molecule has 0 amide bonds. The average Bonchev–Trinajstić information content (AvgIpc) is 1.72. The van der Waals surface area contributed by atoms with Crippen LogP contribution in [0.5, 0.6) is 0 Å². The summed E-state index contributed by atoms with van der Waals surface area (Å²) in [5.41, 5.74) is 0. The summed E-state index contributed by atoms with van der Waals surface area (Å²) in [6, 6.07) is 0. The van der Waals surface area contributed by atoms with Crippen LogP contribution in [0.25, 0.3) is 0 Å². The van der Waals surface area contributed by atoms with E-state index in [0.29, 0.717) is 0 Å². The molecule has 0 aromatic heterocycles. The van der Waals surface area contributed by atoms with E-state index in [2.05, 4.69) is 11.4 Å². The zero-order valence-corrected chi connectivity index (χ0v) is 3.52. The molecule has 0 aliphatic carbocycles. The van der Waals surface area contributed by atoms with Crippen molar-refractivity contribution >= 4 is 75.5 Å². The van der Waals surface area contributed by atoms with Crippen LogP contribution in [0, 0.1) is 0 Å². The third kappa shape index (κ3) is 5.93. The van der Waals surface area contributed by atoms with Gasteiger partial charge in [0.05, 0.1) is 0 Å². The number of allylic oxidation sites excluding steroid dienone is 2. The quantitative estimate of drug-likeness (QED) is 0.446. The van der Waals surface area contributed by atoms with Crippen molar-refractivity contribution in [3.63, 3.8) is 0 Å². The Morgan fingerprint density at radius 1 is 1.12 bits per heavy atom. The summed E-state index contributed by atoms with van der Waals surface area (Å²) in [4.78, 5) is 0. The van der Waals surface area contributed by atoms with Gasteiger partial charge in [-0.2, -0.15) is 0 Å². The zero-order chi connectivity index (χ0) is 4.24.